The second kappa shape index (κ2) is 18.1. The molecule has 0 heterocycles. The molecule has 1 rings (SSSR count). The van der Waals surface area contributed by atoms with Gasteiger partial charge < -0.3 is 0 Å². The lowest BCUT2D eigenvalue weighted by molar-refractivity contribution is 0.296. The lowest BCUT2D eigenvalue weighted by Crippen LogP contribution is -2.26. The summed E-state index contributed by atoms with van der Waals surface area (Å²) in [5.74, 6) is 13.4. The molecule has 0 aliphatic rings. The summed E-state index contributed by atoms with van der Waals surface area (Å²) in [5.41, 5.74) is 2.16. The molecule has 0 bridgehead atoms. The van der Waals surface area contributed by atoms with Crippen LogP contribution in [0.1, 0.15) is 90.2 Å². The van der Waals surface area contributed by atoms with Gasteiger partial charge in [-0.05, 0) is 76.1 Å². The Kier molecular flexibility index (Phi) is 15.8. The fourth-order valence-corrected chi connectivity index (χ4v) is 3.21. The van der Waals surface area contributed by atoms with Crippen molar-refractivity contribution in [1.82, 2.24) is 9.80 Å². The molecule has 2 heteroatoms. The molecule has 0 saturated heterocycles. The molecule has 30 heavy (non-hydrogen) atoms. The van der Waals surface area contributed by atoms with Crippen molar-refractivity contribution in [2.75, 3.05) is 39.3 Å². The molecule has 0 N–H and O–H groups in total. The zero-order chi connectivity index (χ0) is 21.9. The van der Waals surface area contributed by atoms with E-state index < -0.39 is 0 Å². The van der Waals surface area contributed by atoms with Gasteiger partial charge in [-0.15, -0.1) is 0 Å². The Morgan fingerprint density at radius 1 is 0.533 bits per heavy atom. The van der Waals surface area contributed by atoms with Crippen molar-refractivity contribution < 1.29 is 0 Å². The van der Waals surface area contributed by atoms with E-state index in [2.05, 4.69) is 85.4 Å². The van der Waals surface area contributed by atoms with Crippen molar-refractivity contribution in [2.45, 2.75) is 79.1 Å². The SMILES string of the molecule is CCCCN(CC#Cc1ccc(C#CCN(CCCC)CCCC)cc1)CCCC. The highest BCUT2D eigenvalue weighted by Gasteiger charge is 2.02. The summed E-state index contributed by atoms with van der Waals surface area (Å²) in [4.78, 5) is 4.98. The molecule has 0 spiro atoms. The zero-order valence-corrected chi connectivity index (χ0v) is 20.1. The van der Waals surface area contributed by atoms with Gasteiger partial charge in [0.05, 0.1) is 13.1 Å². The maximum absolute atomic E-state index is 3.37. The Morgan fingerprint density at radius 3 is 1.10 bits per heavy atom. The Labute approximate surface area is 187 Å². The van der Waals surface area contributed by atoms with E-state index in [1.807, 2.05) is 0 Å². The topological polar surface area (TPSA) is 6.48 Å². The molecule has 0 aliphatic heterocycles. The van der Waals surface area contributed by atoms with Crippen LogP contribution in [0.5, 0.6) is 0 Å². The molecule has 0 aliphatic carbocycles. The number of hydrogen-bond donors (Lipinski definition) is 0. The van der Waals surface area contributed by atoms with Crippen LogP contribution >= 0.6 is 0 Å². The summed E-state index contributed by atoms with van der Waals surface area (Å²) in [6.45, 7) is 15.4. The second-order valence-electron chi connectivity index (χ2n) is 8.15. The molecule has 0 aromatic heterocycles. The molecule has 0 saturated carbocycles. The average molecular weight is 409 g/mol. The van der Waals surface area contributed by atoms with Gasteiger partial charge in [-0.2, -0.15) is 0 Å². The highest BCUT2D eigenvalue weighted by Crippen LogP contribution is 2.03. The molecular weight excluding hydrogens is 364 g/mol. The maximum atomic E-state index is 3.37. The summed E-state index contributed by atoms with van der Waals surface area (Å²) in [7, 11) is 0. The van der Waals surface area contributed by atoms with Gasteiger partial charge in [0, 0.05) is 11.1 Å². The molecule has 0 unspecified atom stereocenters. The summed E-state index contributed by atoms with van der Waals surface area (Å²) >= 11 is 0. The molecule has 0 fully saturated rings. The van der Waals surface area contributed by atoms with E-state index in [-0.39, 0.29) is 0 Å². The monoisotopic (exact) mass is 408 g/mol. The largest absolute Gasteiger partial charge is 0.292 e. The van der Waals surface area contributed by atoms with Gasteiger partial charge in [0.15, 0.2) is 0 Å². The third-order valence-corrected chi connectivity index (χ3v) is 5.27. The van der Waals surface area contributed by atoms with Crippen molar-refractivity contribution in [3.05, 3.63) is 35.4 Å². The first-order chi connectivity index (χ1) is 14.7. The number of benzene rings is 1. The normalized spacial score (nSPS) is 10.6. The molecular formula is C28H44N2. The van der Waals surface area contributed by atoms with Crippen molar-refractivity contribution in [3.63, 3.8) is 0 Å². The van der Waals surface area contributed by atoms with Gasteiger partial charge in [0.2, 0.25) is 0 Å². The zero-order valence-electron chi connectivity index (χ0n) is 20.1. The summed E-state index contributed by atoms with van der Waals surface area (Å²) in [6, 6.07) is 8.41. The Hall–Kier alpha value is -1.74. The van der Waals surface area contributed by atoms with Crippen LogP contribution in [0, 0.1) is 23.7 Å². The average Bonchev–Trinajstić information content (AvgIpc) is 2.77. The van der Waals surface area contributed by atoms with E-state index in [4.69, 9.17) is 0 Å². The molecule has 1 aromatic carbocycles. The third-order valence-electron chi connectivity index (χ3n) is 5.27. The van der Waals surface area contributed by atoms with Crippen molar-refractivity contribution in [1.29, 1.82) is 0 Å². The maximum Gasteiger partial charge on any atom is 0.0605 e. The molecule has 0 radical (unpaired) electrons. The van der Waals surface area contributed by atoms with Crippen LogP contribution in [0.4, 0.5) is 0 Å². The molecule has 0 atom stereocenters. The van der Waals surface area contributed by atoms with Crippen LogP contribution < -0.4 is 0 Å². The Morgan fingerprint density at radius 2 is 0.833 bits per heavy atom. The minimum absolute atomic E-state index is 0.868. The Balaban J connectivity index is 2.56. The smallest absolute Gasteiger partial charge is 0.0605 e. The van der Waals surface area contributed by atoms with Gasteiger partial charge >= 0.3 is 0 Å². The van der Waals surface area contributed by atoms with Crippen LogP contribution in [-0.4, -0.2) is 49.1 Å². The van der Waals surface area contributed by atoms with Crippen LogP contribution in [-0.2, 0) is 0 Å². The van der Waals surface area contributed by atoms with Gasteiger partial charge in [0.25, 0.3) is 0 Å². The quantitative estimate of drug-likeness (QED) is 0.338. The first kappa shape index (κ1) is 26.3. The Bertz CT molecular complexity index is 579. The van der Waals surface area contributed by atoms with Crippen molar-refractivity contribution >= 4 is 0 Å². The molecule has 2 nitrogen and oxygen atoms in total. The van der Waals surface area contributed by atoms with Crippen LogP contribution in [0.25, 0.3) is 0 Å². The third kappa shape index (κ3) is 12.7. The van der Waals surface area contributed by atoms with Gasteiger partial charge in [-0.25, -0.2) is 0 Å². The van der Waals surface area contributed by atoms with Crippen LogP contribution in [0.15, 0.2) is 24.3 Å². The predicted molar refractivity (Wildman–Crippen MR) is 133 cm³/mol. The van der Waals surface area contributed by atoms with Crippen LogP contribution in [0.3, 0.4) is 0 Å². The van der Waals surface area contributed by atoms with Gasteiger partial charge in [0.1, 0.15) is 0 Å². The van der Waals surface area contributed by atoms with Crippen LogP contribution in [0.2, 0.25) is 0 Å². The number of nitrogens with zero attached hydrogens (tertiary/aromatic N) is 2. The van der Waals surface area contributed by atoms with Crippen molar-refractivity contribution in [2.24, 2.45) is 0 Å². The van der Waals surface area contributed by atoms with Gasteiger partial charge in [-0.3, -0.25) is 9.80 Å². The minimum Gasteiger partial charge on any atom is -0.292 e. The van der Waals surface area contributed by atoms with Gasteiger partial charge in [-0.1, -0.05) is 77.1 Å². The highest BCUT2D eigenvalue weighted by atomic mass is 15.1. The van der Waals surface area contributed by atoms with E-state index in [1.54, 1.807) is 0 Å². The number of rotatable bonds is 14. The molecule has 1 aromatic rings. The minimum atomic E-state index is 0.868. The molecule has 166 valence electrons. The van der Waals surface area contributed by atoms with E-state index in [1.165, 1.54) is 51.4 Å². The second-order valence-corrected chi connectivity index (χ2v) is 8.15. The van der Waals surface area contributed by atoms with E-state index in [9.17, 15) is 0 Å². The highest BCUT2D eigenvalue weighted by molar-refractivity contribution is 5.42. The van der Waals surface area contributed by atoms with E-state index in [0.717, 1.165) is 50.4 Å². The predicted octanol–water partition coefficient (Wildman–Crippen LogP) is 6.19. The summed E-state index contributed by atoms with van der Waals surface area (Å²) in [6.07, 6.45) is 10.0. The van der Waals surface area contributed by atoms with Crippen molar-refractivity contribution in [3.8, 4) is 23.7 Å². The lowest BCUT2D eigenvalue weighted by atomic mass is 10.1. The molecule has 0 amide bonds. The lowest BCUT2D eigenvalue weighted by Gasteiger charge is -2.18. The summed E-state index contributed by atoms with van der Waals surface area (Å²) < 4.78 is 0. The first-order valence-electron chi connectivity index (χ1n) is 12.3. The number of unbranched alkanes of at least 4 members (excludes halogenated alkanes) is 4. The summed E-state index contributed by atoms with van der Waals surface area (Å²) in [5, 5.41) is 0. The fraction of sp³-hybridized carbons (Fsp3) is 0.643. The van der Waals surface area contributed by atoms with E-state index in [0.29, 0.717) is 0 Å². The standard InChI is InChI=1S/C28H44N2/c1-5-9-21-29(22-10-6-2)25-13-15-27-17-19-28(20-18-27)16-14-26-30(23-11-7-3)24-12-8-4/h17-20H,5-12,21-26H2,1-4H3. The fourth-order valence-electron chi connectivity index (χ4n) is 3.21. The van der Waals surface area contributed by atoms with E-state index >= 15 is 0 Å². The first-order valence-corrected chi connectivity index (χ1v) is 12.3. The number of hydrogen-bond acceptors (Lipinski definition) is 2.